The summed E-state index contributed by atoms with van der Waals surface area (Å²) < 4.78 is 0. The Morgan fingerprint density at radius 2 is 1.50 bits per heavy atom. The Kier molecular flexibility index (Phi) is 15.1. The van der Waals surface area contributed by atoms with E-state index >= 15 is 0 Å². The van der Waals surface area contributed by atoms with Crippen LogP contribution in [-0.2, 0) is 4.79 Å². The molecule has 0 saturated heterocycles. The normalized spacial score (nSPS) is 11.9. The Morgan fingerprint density at radius 1 is 1.06 bits per heavy atom. The van der Waals surface area contributed by atoms with Crippen molar-refractivity contribution < 1.29 is 33.9 Å². The quantitative estimate of drug-likeness (QED) is 0.366. The van der Waals surface area contributed by atoms with Gasteiger partial charge in [0, 0.05) is 0 Å². The molecule has 0 bridgehead atoms. The van der Waals surface area contributed by atoms with Crippen molar-refractivity contribution in [3.8, 4) is 0 Å². The Hall–Kier alpha value is 0.0274. The first-order valence-electron chi connectivity index (χ1n) is 6.07. The average molecular weight is 222 g/mol. The zero-order valence-electron chi connectivity index (χ0n) is 10.7. The van der Waals surface area contributed by atoms with Gasteiger partial charge in [0.15, 0.2) is 0 Å². The summed E-state index contributed by atoms with van der Waals surface area (Å²) in [6, 6.07) is 0. The molecule has 0 amide bonds. The van der Waals surface area contributed by atoms with Crippen LogP contribution in [0, 0.1) is 0 Å². The van der Waals surface area contributed by atoms with E-state index in [1.54, 1.807) is 0 Å². The summed E-state index contributed by atoms with van der Waals surface area (Å²) in [7, 11) is 0. The predicted octanol–water partition coefficient (Wildman–Crippen LogP) is -1.37. The van der Waals surface area contributed by atoms with Crippen LogP contribution in [0.2, 0.25) is 0 Å². The molecule has 0 aliphatic rings. The predicted molar refractivity (Wildman–Crippen MR) is 58.2 cm³/mol. The van der Waals surface area contributed by atoms with Crippen LogP contribution < -0.4 is 24.0 Å². The fraction of sp³-hybridized carbons (Fsp3) is 0.917. The Labute approximate surface area is 111 Å². The van der Waals surface area contributed by atoms with Gasteiger partial charge in [-0.1, -0.05) is 58.3 Å². The molecule has 3 nitrogen and oxygen atoms in total. The number of carbonyl (C=O) groups is 1. The van der Waals surface area contributed by atoms with Crippen molar-refractivity contribution in [2.24, 2.45) is 0 Å². The molecule has 0 aromatic heterocycles. The molecule has 0 fully saturated rings. The first kappa shape index (κ1) is 18.4. The van der Waals surface area contributed by atoms with E-state index in [1.165, 1.54) is 32.1 Å². The molecule has 0 radical (unpaired) electrons. The monoisotopic (exact) mass is 222 g/mol. The molecule has 0 aliphatic carbocycles. The van der Waals surface area contributed by atoms with Crippen LogP contribution in [-0.4, -0.2) is 17.2 Å². The van der Waals surface area contributed by atoms with Crippen LogP contribution in [0.1, 0.15) is 64.7 Å². The van der Waals surface area contributed by atoms with Crippen molar-refractivity contribution in [2.75, 3.05) is 0 Å². The SMILES string of the molecule is CCCCCCCCCCC(O)C(=O)[O-].[Li+]. The second-order valence-electron chi connectivity index (χ2n) is 4.10. The summed E-state index contributed by atoms with van der Waals surface area (Å²) in [6.45, 7) is 2.20. The summed E-state index contributed by atoms with van der Waals surface area (Å²) >= 11 is 0. The number of carboxylic acid groups (broad SMARTS) is 1. The number of aliphatic carboxylic acids is 1. The van der Waals surface area contributed by atoms with Crippen molar-refractivity contribution in [3.05, 3.63) is 0 Å². The van der Waals surface area contributed by atoms with E-state index in [1.807, 2.05) is 0 Å². The van der Waals surface area contributed by atoms with E-state index in [-0.39, 0.29) is 18.9 Å². The zero-order valence-corrected chi connectivity index (χ0v) is 10.7. The minimum Gasteiger partial charge on any atom is -0.547 e. The van der Waals surface area contributed by atoms with Gasteiger partial charge < -0.3 is 15.0 Å². The van der Waals surface area contributed by atoms with Gasteiger partial charge in [0.25, 0.3) is 0 Å². The van der Waals surface area contributed by atoms with Crippen molar-refractivity contribution in [2.45, 2.75) is 70.8 Å². The molecular formula is C12H23LiO3. The molecule has 1 atom stereocenters. The van der Waals surface area contributed by atoms with Gasteiger partial charge in [-0.15, -0.1) is 0 Å². The molecular weight excluding hydrogens is 199 g/mol. The summed E-state index contributed by atoms with van der Waals surface area (Å²) in [5, 5.41) is 19.1. The number of unbranched alkanes of at least 4 members (excludes halogenated alkanes) is 7. The molecule has 0 aromatic carbocycles. The molecule has 0 aromatic rings. The van der Waals surface area contributed by atoms with E-state index in [0.29, 0.717) is 6.42 Å². The van der Waals surface area contributed by atoms with Gasteiger partial charge in [-0.2, -0.15) is 0 Å². The maximum atomic E-state index is 10.2. The Balaban J connectivity index is 0. The second kappa shape index (κ2) is 13.1. The number of rotatable bonds is 10. The van der Waals surface area contributed by atoms with Gasteiger partial charge in [-0.3, -0.25) is 0 Å². The number of aliphatic hydroxyl groups is 1. The summed E-state index contributed by atoms with van der Waals surface area (Å²) in [4.78, 5) is 10.2. The first-order valence-corrected chi connectivity index (χ1v) is 6.07. The number of aliphatic hydroxyl groups excluding tert-OH is 1. The summed E-state index contributed by atoms with van der Waals surface area (Å²) in [6.07, 6.45) is 8.36. The molecule has 1 N–H and O–H groups in total. The average Bonchev–Trinajstić information content (AvgIpc) is 2.21. The third-order valence-corrected chi connectivity index (χ3v) is 2.60. The van der Waals surface area contributed by atoms with Crippen LogP contribution >= 0.6 is 0 Å². The molecule has 0 heterocycles. The van der Waals surface area contributed by atoms with Gasteiger partial charge in [-0.05, 0) is 6.42 Å². The standard InChI is InChI=1S/C12H24O3.Li/c1-2-3-4-5-6-7-8-9-10-11(13)12(14)15;/h11,13H,2-10H2,1H3,(H,14,15);/q;+1/p-1. The molecule has 0 spiro atoms. The number of carbonyl (C=O) groups excluding carboxylic acids is 1. The van der Waals surface area contributed by atoms with E-state index in [0.717, 1.165) is 19.3 Å². The molecule has 0 saturated carbocycles. The third kappa shape index (κ3) is 12.1. The van der Waals surface area contributed by atoms with Crippen LogP contribution in [0.5, 0.6) is 0 Å². The first-order chi connectivity index (χ1) is 7.18. The molecule has 1 unspecified atom stereocenters. The maximum Gasteiger partial charge on any atom is 1.00 e. The maximum absolute atomic E-state index is 10.2. The minimum atomic E-state index is -1.35. The number of carboxylic acids is 1. The molecule has 16 heavy (non-hydrogen) atoms. The number of hydrogen-bond acceptors (Lipinski definition) is 3. The van der Waals surface area contributed by atoms with Crippen molar-refractivity contribution in [1.82, 2.24) is 0 Å². The summed E-state index contributed by atoms with van der Waals surface area (Å²) in [5.41, 5.74) is 0. The van der Waals surface area contributed by atoms with Crippen molar-refractivity contribution >= 4 is 5.97 Å². The Morgan fingerprint density at radius 3 is 1.94 bits per heavy atom. The van der Waals surface area contributed by atoms with Crippen LogP contribution in [0.3, 0.4) is 0 Å². The third-order valence-electron chi connectivity index (χ3n) is 2.60. The van der Waals surface area contributed by atoms with Gasteiger partial charge in [0.2, 0.25) is 0 Å². The van der Waals surface area contributed by atoms with E-state index in [4.69, 9.17) is 5.11 Å². The van der Waals surface area contributed by atoms with E-state index in [9.17, 15) is 9.90 Å². The Bertz CT molecular complexity index is 162. The second-order valence-corrected chi connectivity index (χ2v) is 4.10. The largest absolute Gasteiger partial charge is 1.00 e. The topological polar surface area (TPSA) is 60.4 Å². The van der Waals surface area contributed by atoms with Crippen molar-refractivity contribution in [1.29, 1.82) is 0 Å². The van der Waals surface area contributed by atoms with E-state index in [2.05, 4.69) is 6.92 Å². The van der Waals surface area contributed by atoms with Crippen LogP contribution in [0.25, 0.3) is 0 Å². The van der Waals surface area contributed by atoms with Crippen LogP contribution in [0.15, 0.2) is 0 Å². The zero-order chi connectivity index (χ0) is 11.5. The van der Waals surface area contributed by atoms with Crippen LogP contribution in [0.4, 0.5) is 0 Å². The van der Waals surface area contributed by atoms with Gasteiger partial charge >= 0.3 is 18.9 Å². The molecule has 4 heteroatoms. The van der Waals surface area contributed by atoms with Gasteiger partial charge in [0.1, 0.15) is 0 Å². The molecule has 0 rings (SSSR count). The van der Waals surface area contributed by atoms with E-state index < -0.39 is 12.1 Å². The van der Waals surface area contributed by atoms with Gasteiger partial charge in [0.05, 0.1) is 12.1 Å². The summed E-state index contributed by atoms with van der Waals surface area (Å²) in [5.74, 6) is -1.35. The molecule has 90 valence electrons. The number of hydrogen-bond donors (Lipinski definition) is 1. The van der Waals surface area contributed by atoms with Gasteiger partial charge in [-0.25, -0.2) is 0 Å². The fourth-order valence-corrected chi connectivity index (χ4v) is 1.59. The fourth-order valence-electron chi connectivity index (χ4n) is 1.59. The minimum absolute atomic E-state index is 0. The molecule has 0 aliphatic heterocycles. The van der Waals surface area contributed by atoms with Crippen molar-refractivity contribution in [3.63, 3.8) is 0 Å². The smallest absolute Gasteiger partial charge is 0.547 e.